The number of unbranched alkanes of at least 4 members (excludes halogenated alkanes) is 1. The van der Waals surface area contributed by atoms with Crippen LogP contribution in [0.3, 0.4) is 0 Å². The summed E-state index contributed by atoms with van der Waals surface area (Å²) in [6.07, 6.45) is 2.62. The van der Waals surface area contributed by atoms with Crippen LogP contribution in [-0.2, 0) is 0 Å². The molecular weight excluding hydrogens is 279 g/mol. The summed E-state index contributed by atoms with van der Waals surface area (Å²) < 4.78 is 1.60. The first-order chi connectivity index (χ1) is 7.79. The molecule has 0 bridgehead atoms. The van der Waals surface area contributed by atoms with E-state index >= 15 is 0 Å². The fourth-order valence-electron chi connectivity index (χ4n) is 1.44. The van der Waals surface area contributed by atoms with Crippen molar-refractivity contribution in [2.45, 2.75) is 32.5 Å². The average molecular weight is 299 g/mol. The van der Waals surface area contributed by atoms with Gasteiger partial charge >= 0.3 is 110 Å². The van der Waals surface area contributed by atoms with E-state index in [9.17, 15) is 0 Å². The number of allylic oxidation sites excluding steroid dienone is 1. The molecule has 0 radical (unpaired) electrons. The van der Waals surface area contributed by atoms with Crippen LogP contribution in [0, 0.1) is 0 Å². The zero-order chi connectivity index (χ0) is 11.8. The fraction of sp³-hybridized carbons (Fsp3) is 0.429. The number of hydrogen-bond donors (Lipinski definition) is 0. The second kappa shape index (κ2) is 8.00. The quantitative estimate of drug-likeness (QED) is 0.544. The molecule has 88 valence electrons. The van der Waals surface area contributed by atoms with Gasteiger partial charge in [0.2, 0.25) is 0 Å². The van der Waals surface area contributed by atoms with Gasteiger partial charge in [-0.15, -0.1) is 0 Å². The molecule has 1 rings (SSSR count). The molecule has 0 spiro atoms. The molecule has 0 atom stereocenters. The molecule has 0 nitrogen and oxygen atoms in total. The Labute approximate surface area is 110 Å². The van der Waals surface area contributed by atoms with E-state index in [1.165, 1.54) is 29.7 Å². The van der Waals surface area contributed by atoms with Crippen LogP contribution in [0.25, 0.3) is 5.57 Å². The van der Waals surface area contributed by atoms with Crippen LogP contribution in [0.4, 0.5) is 0 Å². The number of hydrogen-bond acceptors (Lipinski definition) is 1. The molecule has 0 aliphatic heterocycles. The summed E-state index contributed by atoms with van der Waals surface area (Å²) in [6.45, 7) is 4.51. The van der Waals surface area contributed by atoms with Gasteiger partial charge < -0.3 is 0 Å². The summed E-state index contributed by atoms with van der Waals surface area (Å²) in [5, 5.41) is 0. The van der Waals surface area contributed by atoms with E-state index in [4.69, 9.17) is 0 Å². The standard InChI is InChI=1S/C14H20SSe/c1-4-5-11-15-14(16-3)12(2)13-9-7-6-8-10-13/h6-10H,4-5,11H2,1-3H3/b14-12+. The SMILES string of the molecule is CCCCS/C([Se]C)=C(/C)c1ccccc1. The molecular formula is C14H20SSe. The molecule has 0 saturated carbocycles. The molecule has 0 aliphatic carbocycles. The zero-order valence-corrected chi connectivity index (χ0v) is 12.9. The topological polar surface area (TPSA) is 0 Å². The predicted octanol–water partition coefficient (Wildman–Crippen LogP) is 4.66. The summed E-state index contributed by atoms with van der Waals surface area (Å²) in [4.78, 5) is 0. The summed E-state index contributed by atoms with van der Waals surface area (Å²) in [6, 6.07) is 10.7. The summed E-state index contributed by atoms with van der Waals surface area (Å²) in [5.41, 5.74) is 2.86. The first kappa shape index (κ1) is 13.9. The minimum absolute atomic E-state index is 0.609. The van der Waals surface area contributed by atoms with Crippen molar-refractivity contribution in [1.29, 1.82) is 0 Å². The van der Waals surface area contributed by atoms with Crippen molar-refractivity contribution < 1.29 is 0 Å². The Balaban J connectivity index is 2.74. The average Bonchev–Trinajstić information content (AvgIpc) is 2.35. The van der Waals surface area contributed by atoms with Gasteiger partial charge in [0.25, 0.3) is 0 Å². The molecule has 0 fully saturated rings. The third-order valence-corrected chi connectivity index (χ3v) is 6.52. The van der Waals surface area contributed by atoms with E-state index in [1.54, 1.807) is 3.80 Å². The predicted molar refractivity (Wildman–Crippen MR) is 78.0 cm³/mol. The van der Waals surface area contributed by atoms with E-state index in [0.717, 1.165) is 0 Å². The normalized spacial score (nSPS) is 12.4. The van der Waals surface area contributed by atoms with E-state index in [2.05, 4.69) is 61.8 Å². The van der Waals surface area contributed by atoms with Crippen LogP contribution in [0.5, 0.6) is 0 Å². The molecule has 0 heterocycles. The van der Waals surface area contributed by atoms with Gasteiger partial charge in [-0.1, -0.05) is 0 Å². The van der Waals surface area contributed by atoms with Crippen molar-refractivity contribution in [3.63, 3.8) is 0 Å². The molecule has 16 heavy (non-hydrogen) atoms. The first-order valence-corrected chi connectivity index (χ1v) is 9.28. The van der Waals surface area contributed by atoms with E-state index in [1.807, 2.05) is 0 Å². The second-order valence-corrected chi connectivity index (χ2v) is 7.09. The Kier molecular flexibility index (Phi) is 6.95. The van der Waals surface area contributed by atoms with Gasteiger partial charge in [-0.05, 0) is 0 Å². The van der Waals surface area contributed by atoms with Crippen LogP contribution < -0.4 is 0 Å². The van der Waals surface area contributed by atoms with Gasteiger partial charge in [0, 0.05) is 0 Å². The number of thioether (sulfide) groups is 1. The maximum atomic E-state index is 2.31. The third-order valence-electron chi connectivity index (χ3n) is 2.43. The number of benzene rings is 1. The molecule has 1 aromatic rings. The third kappa shape index (κ3) is 4.37. The summed E-state index contributed by atoms with van der Waals surface area (Å²) in [5.74, 6) is 3.58. The van der Waals surface area contributed by atoms with Gasteiger partial charge in [-0.3, -0.25) is 0 Å². The van der Waals surface area contributed by atoms with E-state index in [-0.39, 0.29) is 0 Å². The Morgan fingerprint density at radius 1 is 1.25 bits per heavy atom. The summed E-state index contributed by atoms with van der Waals surface area (Å²) >= 11 is 2.67. The van der Waals surface area contributed by atoms with Crippen molar-refractivity contribution in [2.75, 3.05) is 5.75 Å². The van der Waals surface area contributed by atoms with Gasteiger partial charge in [-0.2, -0.15) is 0 Å². The first-order valence-electron chi connectivity index (χ1n) is 5.72. The molecule has 2 heteroatoms. The Bertz CT molecular complexity index is 330. The van der Waals surface area contributed by atoms with Crippen LogP contribution >= 0.6 is 11.8 Å². The molecule has 0 saturated heterocycles. The minimum atomic E-state index is 0.609. The van der Waals surface area contributed by atoms with Crippen LogP contribution in [0.15, 0.2) is 34.1 Å². The molecule has 0 aromatic heterocycles. The van der Waals surface area contributed by atoms with Crippen molar-refractivity contribution in [3.05, 3.63) is 39.7 Å². The summed E-state index contributed by atoms with van der Waals surface area (Å²) in [7, 11) is 0. The van der Waals surface area contributed by atoms with E-state index in [0.29, 0.717) is 15.0 Å². The van der Waals surface area contributed by atoms with Crippen LogP contribution in [-0.4, -0.2) is 20.7 Å². The maximum absolute atomic E-state index is 2.31. The Morgan fingerprint density at radius 2 is 1.94 bits per heavy atom. The Morgan fingerprint density at radius 3 is 2.50 bits per heavy atom. The van der Waals surface area contributed by atoms with E-state index < -0.39 is 0 Å². The Hall–Kier alpha value is -0.171. The van der Waals surface area contributed by atoms with Crippen molar-refractivity contribution in [3.8, 4) is 0 Å². The van der Waals surface area contributed by atoms with Crippen molar-refractivity contribution >= 4 is 32.3 Å². The van der Waals surface area contributed by atoms with Gasteiger partial charge in [-0.25, -0.2) is 0 Å². The van der Waals surface area contributed by atoms with Crippen molar-refractivity contribution in [1.82, 2.24) is 0 Å². The van der Waals surface area contributed by atoms with Crippen molar-refractivity contribution in [2.24, 2.45) is 0 Å². The molecule has 1 aromatic carbocycles. The van der Waals surface area contributed by atoms with Crippen LogP contribution in [0.1, 0.15) is 32.3 Å². The zero-order valence-electron chi connectivity index (χ0n) is 10.3. The fourth-order valence-corrected chi connectivity index (χ4v) is 4.66. The molecule has 0 aliphatic rings. The second-order valence-electron chi connectivity index (χ2n) is 3.68. The van der Waals surface area contributed by atoms with Gasteiger partial charge in [0.1, 0.15) is 0 Å². The number of rotatable bonds is 6. The molecule has 0 unspecified atom stereocenters. The molecule has 0 N–H and O–H groups in total. The van der Waals surface area contributed by atoms with Gasteiger partial charge in [0.15, 0.2) is 0 Å². The van der Waals surface area contributed by atoms with Crippen LogP contribution in [0.2, 0.25) is 5.82 Å². The van der Waals surface area contributed by atoms with Gasteiger partial charge in [0.05, 0.1) is 0 Å². The molecule has 0 amide bonds. The monoisotopic (exact) mass is 300 g/mol.